The summed E-state index contributed by atoms with van der Waals surface area (Å²) in [5.41, 5.74) is 6.90. The SMILES string of the molecule is COc1ccc([C@H]2C[C@@H]2CN)c(OC)c1. The lowest BCUT2D eigenvalue weighted by Gasteiger charge is -2.09. The lowest BCUT2D eigenvalue weighted by Crippen LogP contribution is -2.02. The topological polar surface area (TPSA) is 44.5 Å². The number of nitrogens with two attached hydrogens (primary N) is 1. The zero-order chi connectivity index (χ0) is 10.8. The number of hydrogen-bond acceptors (Lipinski definition) is 3. The largest absolute Gasteiger partial charge is 0.497 e. The molecular weight excluding hydrogens is 190 g/mol. The second-order valence-electron chi connectivity index (χ2n) is 3.95. The maximum atomic E-state index is 5.64. The molecule has 3 heteroatoms. The molecule has 1 fully saturated rings. The van der Waals surface area contributed by atoms with Crippen LogP contribution in [0.1, 0.15) is 17.9 Å². The van der Waals surface area contributed by atoms with E-state index >= 15 is 0 Å². The molecule has 1 aromatic rings. The fourth-order valence-corrected chi connectivity index (χ4v) is 2.01. The van der Waals surface area contributed by atoms with Gasteiger partial charge in [0.05, 0.1) is 14.2 Å². The van der Waals surface area contributed by atoms with Crippen molar-refractivity contribution in [2.45, 2.75) is 12.3 Å². The first-order chi connectivity index (χ1) is 7.30. The number of ether oxygens (including phenoxy) is 2. The highest BCUT2D eigenvalue weighted by molar-refractivity contribution is 5.45. The van der Waals surface area contributed by atoms with E-state index in [0.717, 1.165) is 18.0 Å². The second-order valence-corrected chi connectivity index (χ2v) is 3.95. The van der Waals surface area contributed by atoms with Crippen LogP contribution in [0.4, 0.5) is 0 Å². The Labute approximate surface area is 90.2 Å². The van der Waals surface area contributed by atoms with E-state index in [0.29, 0.717) is 11.8 Å². The van der Waals surface area contributed by atoms with Crippen LogP contribution in [0.15, 0.2) is 18.2 Å². The van der Waals surface area contributed by atoms with Crippen molar-refractivity contribution < 1.29 is 9.47 Å². The van der Waals surface area contributed by atoms with Gasteiger partial charge < -0.3 is 15.2 Å². The minimum Gasteiger partial charge on any atom is -0.497 e. The molecule has 0 unspecified atom stereocenters. The minimum absolute atomic E-state index is 0.579. The monoisotopic (exact) mass is 207 g/mol. The van der Waals surface area contributed by atoms with Crippen molar-refractivity contribution in [3.05, 3.63) is 23.8 Å². The Kier molecular flexibility index (Phi) is 2.82. The fraction of sp³-hybridized carbons (Fsp3) is 0.500. The van der Waals surface area contributed by atoms with Gasteiger partial charge in [-0.1, -0.05) is 6.07 Å². The Balaban J connectivity index is 2.24. The minimum atomic E-state index is 0.579. The maximum Gasteiger partial charge on any atom is 0.126 e. The summed E-state index contributed by atoms with van der Waals surface area (Å²) < 4.78 is 10.5. The average Bonchev–Trinajstić information content (AvgIpc) is 3.07. The fourth-order valence-electron chi connectivity index (χ4n) is 2.01. The van der Waals surface area contributed by atoms with Crippen LogP contribution in [-0.4, -0.2) is 20.8 Å². The zero-order valence-corrected chi connectivity index (χ0v) is 9.19. The third-order valence-corrected chi connectivity index (χ3v) is 3.07. The van der Waals surface area contributed by atoms with Crippen LogP contribution in [0.3, 0.4) is 0 Å². The number of rotatable bonds is 4. The van der Waals surface area contributed by atoms with Crippen molar-refractivity contribution in [2.75, 3.05) is 20.8 Å². The van der Waals surface area contributed by atoms with Crippen molar-refractivity contribution >= 4 is 0 Å². The van der Waals surface area contributed by atoms with Gasteiger partial charge in [0.25, 0.3) is 0 Å². The Morgan fingerprint density at radius 1 is 1.33 bits per heavy atom. The average molecular weight is 207 g/mol. The lowest BCUT2D eigenvalue weighted by atomic mass is 10.1. The molecule has 2 atom stereocenters. The predicted molar refractivity (Wildman–Crippen MR) is 59.4 cm³/mol. The Hall–Kier alpha value is -1.22. The third-order valence-electron chi connectivity index (χ3n) is 3.07. The quantitative estimate of drug-likeness (QED) is 0.818. The molecular formula is C12H17NO2. The van der Waals surface area contributed by atoms with Crippen LogP contribution in [-0.2, 0) is 0 Å². The molecule has 2 rings (SSSR count). The van der Waals surface area contributed by atoms with Crippen molar-refractivity contribution in [1.82, 2.24) is 0 Å². The van der Waals surface area contributed by atoms with Gasteiger partial charge in [-0.3, -0.25) is 0 Å². The molecule has 1 aromatic carbocycles. The number of hydrogen-bond donors (Lipinski definition) is 1. The van der Waals surface area contributed by atoms with Crippen molar-refractivity contribution in [2.24, 2.45) is 11.7 Å². The summed E-state index contributed by atoms with van der Waals surface area (Å²) in [6, 6.07) is 5.99. The highest BCUT2D eigenvalue weighted by Crippen LogP contribution is 2.50. The summed E-state index contributed by atoms with van der Waals surface area (Å²) in [6.07, 6.45) is 1.18. The molecule has 0 spiro atoms. The Morgan fingerprint density at radius 2 is 2.13 bits per heavy atom. The molecule has 3 nitrogen and oxygen atoms in total. The summed E-state index contributed by atoms with van der Waals surface area (Å²) in [4.78, 5) is 0. The van der Waals surface area contributed by atoms with E-state index in [1.54, 1.807) is 14.2 Å². The summed E-state index contributed by atoms with van der Waals surface area (Å²) in [6.45, 7) is 0.764. The van der Waals surface area contributed by atoms with Crippen LogP contribution >= 0.6 is 0 Å². The van der Waals surface area contributed by atoms with Gasteiger partial charge in [-0.05, 0) is 36.4 Å². The van der Waals surface area contributed by atoms with Crippen molar-refractivity contribution in [3.63, 3.8) is 0 Å². The molecule has 1 aliphatic carbocycles. The normalized spacial score (nSPS) is 23.7. The molecule has 0 saturated heterocycles. The van der Waals surface area contributed by atoms with Crippen LogP contribution < -0.4 is 15.2 Å². The maximum absolute atomic E-state index is 5.64. The lowest BCUT2D eigenvalue weighted by molar-refractivity contribution is 0.390. The smallest absolute Gasteiger partial charge is 0.126 e. The molecule has 0 radical (unpaired) electrons. The summed E-state index contributed by atoms with van der Waals surface area (Å²) in [5.74, 6) is 2.96. The zero-order valence-electron chi connectivity index (χ0n) is 9.19. The highest BCUT2D eigenvalue weighted by atomic mass is 16.5. The van der Waals surface area contributed by atoms with Crippen LogP contribution in [0.5, 0.6) is 11.5 Å². The van der Waals surface area contributed by atoms with E-state index < -0.39 is 0 Å². The molecule has 0 aliphatic heterocycles. The molecule has 2 N–H and O–H groups in total. The van der Waals surface area contributed by atoms with Gasteiger partial charge in [0.15, 0.2) is 0 Å². The van der Waals surface area contributed by atoms with Gasteiger partial charge in [-0.2, -0.15) is 0 Å². The standard InChI is InChI=1S/C12H17NO2/c1-14-9-3-4-10(12(6-9)15-2)11-5-8(11)7-13/h3-4,6,8,11H,5,7,13H2,1-2H3/t8-,11+/m1/s1. The van der Waals surface area contributed by atoms with Crippen LogP contribution in [0, 0.1) is 5.92 Å². The second kappa shape index (κ2) is 4.11. The first-order valence-electron chi connectivity index (χ1n) is 5.22. The molecule has 0 heterocycles. The van der Waals surface area contributed by atoms with Gasteiger partial charge in [0.2, 0.25) is 0 Å². The molecule has 1 aliphatic rings. The van der Waals surface area contributed by atoms with E-state index in [1.165, 1.54) is 12.0 Å². The summed E-state index contributed by atoms with van der Waals surface area (Å²) >= 11 is 0. The van der Waals surface area contributed by atoms with Crippen molar-refractivity contribution in [3.8, 4) is 11.5 Å². The number of benzene rings is 1. The first kappa shape index (κ1) is 10.3. The molecule has 0 bridgehead atoms. The highest BCUT2D eigenvalue weighted by Gasteiger charge is 2.38. The third kappa shape index (κ3) is 1.92. The van der Waals surface area contributed by atoms with E-state index in [9.17, 15) is 0 Å². The number of methoxy groups -OCH3 is 2. The summed E-state index contributed by atoms with van der Waals surface area (Å²) in [7, 11) is 3.35. The Morgan fingerprint density at radius 3 is 2.67 bits per heavy atom. The van der Waals surface area contributed by atoms with E-state index in [1.807, 2.05) is 12.1 Å². The van der Waals surface area contributed by atoms with Gasteiger partial charge in [0, 0.05) is 6.07 Å². The molecule has 0 aromatic heterocycles. The van der Waals surface area contributed by atoms with Crippen molar-refractivity contribution in [1.29, 1.82) is 0 Å². The molecule has 82 valence electrons. The predicted octanol–water partition coefficient (Wildman–Crippen LogP) is 1.77. The van der Waals surface area contributed by atoms with Crippen LogP contribution in [0.2, 0.25) is 0 Å². The van der Waals surface area contributed by atoms with Gasteiger partial charge in [-0.15, -0.1) is 0 Å². The van der Waals surface area contributed by atoms with Gasteiger partial charge in [0.1, 0.15) is 11.5 Å². The molecule has 0 amide bonds. The Bertz CT molecular complexity index is 351. The van der Waals surface area contributed by atoms with E-state index in [2.05, 4.69) is 6.07 Å². The van der Waals surface area contributed by atoms with E-state index in [-0.39, 0.29) is 0 Å². The van der Waals surface area contributed by atoms with Gasteiger partial charge in [-0.25, -0.2) is 0 Å². The summed E-state index contributed by atoms with van der Waals surface area (Å²) in [5, 5.41) is 0. The van der Waals surface area contributed by atoms with Crippen LogP contribution in [0.25, 0.3) is 0 Å². The molecule has 15 heavy (non-hydrogen) atoms. The van der Waals surface area contributed by atoms with E-state index in [4.69, 9.17) is 15.2 Å². The van der Waals surface area contributed by atoms with Gasteiger partial charge >= 0.3 is 0 Å². The first-order valence-corrected chi connectivity index (χ1v) is 5.22. The molecule has 1 saturated carbocycles.